The molecule has 0 radical (unpaired) electrons. The van der Waals surface area contributed by atoms with Crippen LogP contribution in [0.15, 0.2) is 5.10 Å². The van der Waals surface area contributed by atoms with Crippen molar-refractivity contribution in [1.29, 1.82) is 0 Å². The molecule has 0 spiro atoms. The summed E-state index contributed by atoms with van der Waals surface area (Å²) in [5.74, 6) is 0. The zero-order chi connectivity index (χ0) is 11.7. The van der Waals surface area contributed by atoms with Gasteiger partial charge in [-0.3, -0.25) is 0 Å². The third-order valence-electron chi connectivity index (χ3n) is 1.50. The number of amides is 1. The molecule has 0 bridgehead atoms. The van der Waals surface area contributed by atoms with Crippen molar-refractivity contribution in [3.63, 3.8) is 0 Å². The highest BCUT2D eigenvalue weighted by atomic mass is 16.6. The van der Waals surface area contributed by atoms with E-state index in [2.05, 4.69) is 22.6 Å². The summed E-state index contributed by atoms with van der Waals surface area (Å²) in [7, 11) is 0. The van der Waals surface area contributed by atoms with Crippen molar-refractivity contribution >= 4 is 12.8 Å². The van der Waals surface area contributed by atoms with E-state index >= 15 is 0 Å². The molecule has 0 aliphatic heterocycles. The minimum atomic E-state index is -0.432. The molecule has 0 rings (SSSR count). The molecular weight excluding hydrogens is 194 g/mol. The highest BCUT2D eigenvalue weighted by Crippen LogP contribution is 2.06. The van der Waals surface area contributed by atoms with E-state index in [0.717, 1.165) is 19.4 Å². The van der Waals surface area contributed by atoms with E-state index in [1.165, 1.54) is 0 Å². The first kappa shape index (κ1) is 13.7. The smallest absolute Gasteiger partial charge is 0.407 e. The summed E-state index contributed by atoms with van der Waals surface area (Å²) in [6, 6.07) is 0. The fraction of sp³-hybridized carbons (Fsp3) is 0.800. The number of carbonyl (C=O) groups excluding carboxylic acids is 1. The molecule has 0 saturated carbocycles. The van der Waals surface area contributed by atoms with Crippen molar-refractivity contribution in [3.8, 4) is 0 Å². The van der Waals surface area contributed by atoms with Crippen LogP contribution >= 0.6 is 0 Å². The molecule has 5 heteroatoms. The lowest BCUT2D eigenvalue weighted by atomic mass is 10.2. The lowest BCUT2D eigenvalue weighted by molar-refractivity contribution is 0.0527. The number of carbonyl (C=O) groups is 1. The summed E-state index contributed by atoms with van der Waals surface area (Å²) in [5.41, 5.74) is 2.31. The van der Waals surface area contributed by atoms with Crippen LogP contribution in [-0.4, -0.2) is 31.5 Å². The zero-order valence-corrected chi connectivity index (χ0v) is 9.80. The van der Waals surface area contributed by atoms with Gasteiger partial charge in [-0.25, -0.2) is 4.79 Å². The van der Waals surface area contributed by atoms with Crippen molar-refractivity contribution in [3.05, 3.63) is 0 Å². The van der Waals surface area contributed by atoms with Gasteiger partial charge >= 0.3 is 6.09 Å². The van der Waals surface area contributed by atoms with E-state index in [4.69, 9.17) is 4.74 Å². The first-order valence-electron chi connectivity index (χ1n) is 5.11. The molecule has 0 aliphatic rings. The molecule has 5 nitrogen and oxygen atoms in total. The average Bonchev–Trinajstić information content (AvgIpc) is 2.08. The molecule has 0 aliphatic carbocycles. The van der Waals surface area contributed by atoms with E-state index in [1.807, 2.05) is 20.8 Å². The number of ether oxygens (including phenoxy) is 1. The van der Waals surface area contributed by atoms with Gasteiger partial charge in [-0.2, -0.15) is 5.10 Å². The molecule has 0 unspecified atom stereocenters. The molecule has 0 atom stereocenters. The Morgan fingerprint density at radius 2 is 1.93 bits per heavy atom. The maximum absolute atomic E-state index is 11.2. The molecule has 0 heterocycles. The molecule has 0 saturated heterocycles. The van der Waals surface area contributed by atoms with Gasteiger partial charge in [-0.1, -0.05) is 0 Å². The lowest BCUT2D eigenvalue weighted by Gasteiger charge is -2.19. The summed E-state index contributed by atoms with van der Waals surface area (Å²) in [6.07, 6.45) is 1.47. The van der Waals surface area contributed by atoms with E-state index in [-0.39, 0.29) is 6.09 Å². The topological polar surface area (TPSA) is 62.7 Å². The Labute approximate surface area is 91.3 Å². The van der Waals surface area contributed by atoms with E-state index < -0.39 is 5.60 Å². The van der Waals surface area contributed by atoms with E-state index in [1.54, 1.807) is 0 Å². The number of alkyl carbamates (subject to hydrolysis) is 1. The largest absolute Gasteiger partial charge is 0.444 e. The fourth-order valence-electron chi connectivity index (χ4n) is 0.913. The summed E-state index contributed by atoms with van der Waals surface area (Å²) >= 11 is 0. The van der Waals surface area contributed by atoms with Gasteiger partial charge in [-0.15, -0.1) is 0 Å². The van der Waals surface area contributed by atoms with Gasteiger partial charge in [0.25, 0.3) is 0 Å². The Bertz CT molecular complexity index is 199. The molecule has 0 aromatic carbocycles. The minimum absolute atomic E-state index is 0.364. The van der Waals surface area contributed by atoms with Gasteiger partial charge in [0.05, 0.1) is 0 Å². The van der Waals surface area contributed by atoms with Crippen LogP contribution in [0.3, 0.4) is 0 Å². The monoisotopic (exact) mass is 215 g/mol. The predicted octanol–water partition coefficient (Wildman–Crippen LogP) is 1.50. The van der Waals surface area contributed by atoms with Crippen LogP contribution in [0.1, 0.15) is 33.6 Å². The standard InChI is InChI=1S/C10H21N3O2/c1-10(2,3)15-9(14)12-7-5-6-8-13-11-4/h13H,4-8H2,1-3H3,(H,12,14). The average molecular weight is 215 g/mol. The summed E-state index contributed by atoms with van der Waals surface area (Å²) in [4.78, 5) is 11.2. The van der Waals surface area contributed by atoms with Crippen LogP contribution < -0.4 is 10.7 Å². The number of nitrogens with zero attached hydrogens (tertiary/aromatic N) is 1. The second-order valence-electron chi connectivity index (χ2n) is 4.20. The van der Waals surface area contributed by atoms with Crippen molar-refractivity contribution in [2.45, 2.75) is 39.2 Å². The van der Waals surface area contributed by atoms with Crippen LogP contribution in [-0.2, 0) is 4.74 Å². The summed E-state index contributed by atoms with van der Waals surface area (Å²) < 4.78 is 5.07. The highest BCUT2D eigenvalue weighted by Gasteiger charge is 2.15. The quantitative estimate of drug-likeness (QED) is 0.401. The van der Waals surface area contributed by atoms with Gasteiger partial charge in [0, 0.05) is 19.8 Å². The Morgan fingerprint density at radius 3 is 2.47 bits per heavy atom. The Kier molecular flexibility index (Phi) is 6.49. The molecule has 0 aromatic rings. The van der Waals surface area contributed by atoms with E-state index in [0.29, 0.717) is 6.54 Å². The highest BCUT2D eigenvalue weighted by molar-refractivity contribution is 5.67. The number of hydrazone groups is 1. The normalized spacial score (nSPS) is 10.6. The van der Waals surface area contributed by atoms with Gasteiger partial charge in [0.1, 0.15) is 5.60 Å². The Hall–Kier alpha value is -1.26. The van der Waals surface area contributed by atoms with Crippen molar-refractivity contribution in [2.75, 3.05) is 13.1 Å². The second kappa shape index (κ2) is 7.09. The first-order valence-corrected chi connectivity index (χ1v) is 5.11. The molecule has 15 heavy (non-hydrogen) atoms. The fourth-order valence-corrected chi connectivity index (χ4v) is 0.913. The number of nitrogens with one attached hydrogen (secondary N) is 2. The Morgan fingerprint density at radius 1 is 1.33 bits per heavy atom. The van der Waals surface area contributed by atoms with Gasteiger partial charge < -0.3 is 15.5 Å². The van der Waals surface area contributed by atoms with Crippen LogP contribution in [0.25, 0.3) is 0 Å². The van der Waals surface area contributed by atoms with Crippen molar-refractivity contribution in [2.24, 2.45) is 5.10 Å². The SMILES string of the molecule is C=NNCCCCNC(=O)OC(C)(C)C. The minimum Gasteiger partial charge on any atom is -0.444 e. The van der Waals surface area contributed by atoms with Crippen LogP contribution in [0.4, 0.5) is 4.79 Å². The molecule has 1 amide bonds. The lowest BCUT2D eigenvalue weighted by Crippen LogP contribution is -2.33. The van der Waals surface area contributed by atoms with E-state index in [9.17, 15) is 4.79 Å². The van der Waals surface area contributed by atoms with Gasteiger partial charge in [0.15, 0.2) is 0 Å². The number of hydrogen-bond acceptors (Lipinski definition) is 4. The Balaban J connectivity index is 3.36. The summed E-state index contributed by atoms with van der Waals surface area (Å²) in [5, 5.41) is 6.19. The second-order valence-corrected chi connectivity index (χ2v) is 4.20. The van der Waals surface area contributed by atoms with Crippen LogP contribution in [0, 0.1) is 0 Å². The van der Waals surface area contributed by atoms with Crippen LogP contribution in [0.2, 0.25) is 0 Å². The number of hydrogen-bond donors (Lipinski definition) is 2. The number of rotatable bonds is 6. The number of unbranched alkanes of at least 4 members (excludes halogenated alkanes) is 1. The summed E-state index contributed by atoms with van der Waals surface area (Å²) in [6.45, 7) is 10.2. The maximum atomic E-state index is 11.2. The third-order valence-corrected chi connectivity index (χ3v) is 1.50. The molecule has 0 fully saturated rings. The molecule has 88 valence electrons. The maximum Gasteiger partial charge on any atom is 0.407 e. The van der Waals surface area contributed by atoms with Crippen LogP contribution in [0.5, 0.6) is 0 Å². The molecular formula is C10H21N3O2. The predicted molar refractivity (Wildman–Crippen MR) is 61.0 cm³/mol. The first-order chi connectivity index (χ1) is 6.95. The van der Waals surface area contributed by atoms with Crippen molar-refractivity contribution < 1.29 is 9.53 Å². The molecule has 2 N–H and O–H groups in total. The zero-order valence-electron chi connectivity index (χ0n) is 9.80. The van der Waals surface area contributed by atoms with Crippen molar-refractivity contribution in [1.82, 2.24) is 10.7 Å². The van der Waals surface area contributed by atoms with Gasteiger partial charge in [-0.05, 0) is 33.6 Å². The molecule has 0 aromatic heterocycles. The van der Waals surface area contributed by atoms with Gasteiger partial charge in [0.2, 0.25) is 0 Å². The third kappa shape index (κ3) is 10.7.